The lowest BCUT2D eigenvalue weighted by atomic mass is 10.0. The lowest BCUT2D eigenvalue weighted by Crippen LogP contribution is -2.13. The van der Waals surface area contributed by atoms with Gasteiger partial charge in [-0.25, -0.2) is 15.0 Å². The molecule has 0 aliphatic carbocycles. The molecule has 0 amide bonds. The number of aryl methyl sites for hydroxylation is 1. The number of para-hydroxylation sites is 1. The Morgan fingerprint density at radius 1 is 1.06 bits per heavy atom. The summed E-state index contributed by atoms with van der Waals surface area (Å²) < 4.78 is 1.88. The van der Waals surface area contributed by atoms with Crippen LogP contribution in [-0.2, 0) is 6.54 Å². The van der Waals surface area contributed by atoms with Gasteiger partial charge in [-0.05, 0) is 30.2 Å². The largest absolute Gasteiger partial charge is 0.383 e. The van der Waals surface area contributed by atoms with E-state index in [2.05, 4.69) is 16.0 Å². The minimum atomic E-state index is -0.206. The van der Waals surface area contributed by atoms with Gasteiger partial charge in [-0.1, -0.05) is 48.0 Å². The van der Waals surface area contributed by atoms with Gasteiger partial charge in [0.1, 0.15) is 23.2 Å². The van der Waals surface area contributed by atoms with Crippen LogP contribution < -0.4 is 11.2 Å². The van der Waals surface area contributed by atoms with Gasteiger partial charge in [0.2, 0.25) is 0 Å². The summed E-state index contributed by atoms with van der Waals surface area (Å²) in [5.74, 6) is 0.169. The number of fused-ring (bicyclic) bond motifs is 2. The van der Waals surface area contributed by atoms with Crippen LogP contribution in [0, 0.1) is 6.92 Å². The Bertz CT molecular complexity index is 1530. The van der Waals surface area contributed by atoms with Crippen LogP contribution in [-0.4, -0.2) is 19.5 Å². The van der Waals surface area contributed by atoms with Crippen LogP contribution >= 0.6 is 11.6 Å². The van der Waals surface area contributed by atoms with Crippen molar-refractivity contribution in [1.82, 2.24) is 19.5 Å². The van der Waals surface area contributed by atoms with Crippen molar-refractivity contribution in [3.63, 3.8) is 0 Å². The molecule has 7 heteroatoms. The first-order valence-electron chi connectivity index (χ1n) is 9.76. The molecule has 0 saturated heterocycles. The van der Waals surface area contributed by atoms with Crippen LogP contribution in [0.1, 0.15) is 11.1 Å². The smallest absolute Gasteiger partial charge is 0.194 e. The summed E-state index contributed by atoms with van der Waals surface area (Å²) in [6, 6.07) is 17.3. The molecule has 5 rings (SSSR count). The Morgan fingerprint density at radius 3 is 2.74 bits per heavy atom. The Kier molecular flexibility index (Phi) is 4.64. The van der Waals surface area contributed by atoms with Crippen molar-refractivity contribution in [2.45, 2.75) is 13.5 Å². The molecule has 0 fully saturated rings. The van der Waals surface area contributed by atoms with E-state index in [1.54, 1.807) is 6.20 Å². The van der Waals surface area contributed by atoms with Gasteiger partial charge in [-0.15, -0.1) is 0 Å². The highest BCUT2D eigenvalue weighted by Crippen LogP contribution is 2.32. The van der Waals surface area contributed by atoms with E-state index >= 15 is 0 Å². The number of halogens is 1. The van der Waals surface area contributed by atoms with Gasteiger partial charge < -0.3 is 10.3 Å². The second kappa shape index (κ2) is 7.49. The second-order valence-corrected chi connectivity index (χ2v) is 7.80. The van der Waals surface area contributed by atoms with Gasteiger partial charge in [0.15, 0.2) is 5.43 Å². The molecule has 6 nitrogen and oxygen atoms in total. The predicted octanol–water partition coefficient (Wildman–Crippen LogP) is 4.60. The molecule has 0 atom stereocenters. The summed E-state index contributed by atoms with van der Waals surface area (Å²) in [5, 5.41) is 1.97. The zero-order valence-corrected chi connectivity index (χ0v) is 17.5. The van der Waals surface area contributed by atoms with Gasteiger partial charge >= 0.3 is 0 Å². The van der Waals surface area contributed by atoms with E-state index < -0.39 is 0 Å². The van der Waals surface area contributed by atoms with E-state index in [9.17, 15) is 4.79 Å². The number of nitrogens with two attached hydrogens (primary N) is 1. The zero-order chi connectivity index (χ0) is 21.5. The second-order valence-electron chi connectivity index (χ2n) is 7.39. The zero-order valence-electron chi connectivity index (χ0n) is 16.7. The maximum atomic E-state index is 12.3. The standard InChI is InChI=1S/C24H18ClN5O/c1-14-5-4-6-15-11-16(22(29-21(14)15)17-7-2-3-8-18(17)25)12-30-10-9-19(31)20-23(26)27-13-28-24(20)30/h2-11,13H,12H2,1H3,(H2,26,27,28). The van der Waals surface area contributed by atoms with Gasteiger partial charge in [-0.3, -0.25) is 4.79 Å². The molecule has 0 aliphatic heterocycles. The summed E-state index contributed by atoms with van der Waals surface area (Å²) >= 11 is 6.54. The van der Waals surface area contributed by atoms with Crippen LogP contribution in [0.3, 0.4) is 0 Å². The van der Waals surface area contributed by atoms with E-state index in [1.165, 1.54) is 12.4 Å². The van der Waals surface area contributed by atoms with Crippen molar-refractivity contribution in [1.29, 1.82) is 0 Å². The Hall–Kier alpha value is -3.77. The van der Waals surface area contributed by atoms with Crippen molar-refractivity contribution in [2.24, 2.45) is 0 Å². The van der Waals surface area contributed by atoms with Gasteiger partial charge in [0.25, 0.3) is 0 Å². The average molecular weight is 428 g/mol. The van der Waals surface area contributed by atoms with Crippen LogP contribution in [0.15, 0.2) is 71.9 Å². The third kappa shape index (κ3) is 3.31. The Morgan fingerprint density at radius 2 is 1.90 bits per heavy atom. The first-order valence-corrected chi connectivity index (χ1v) is 10.1. The Labute approximate surface area is 183 Å². The molecule has 31 heavy (non-hydrogen) atoms. The summed E-state index contributed by atoms with van der Waals surface area (Å²) in [6.45, 7) is 2.48. The highest BCUT2D eigenvalue weighted by molar-refractivity contribution is 6.33. The number of pyridine rings is 2. The lowest BCUT2D eigenvalue weighted by molar-refractivity contribution is 0.810. The normalized spacial score (nSPS) is 11.3. The fourth-order valence-corrected chi connectivity index (χ4v) is 4.09. The quantitative estimate of drug-likeness (QED) is 0.454. The molecule has 3 heterocycles. The predicted molar refractivity (Wildman–Crippen MR) is 124 cm³/mol. The minimum absolute atomic E-state index is 0.169. The van der Waals surface area contributed by atoms with E-state index in [0.717, 1.165) is 33.3 Å². The van der Waals surface area contributed by atoms with Crippen LogP contribution in [0.2, 0.25) is 5.02 Å². The highest BCUT2D eigenvalue weighted by Gasteiger charge is 2.15. The first-order chi connectivity index (χ1) is 15.0. The van der Waals surface area contributed by atoms with Crippen molar-refractivity contribution in [3.8, 4) is 11.3 Å². The van der Waals surface area contributed by atoms with E-state index in [1.807, 2.05) is 54.0 Å². The monoisotopic (exact) mass is 427 g/mol. The van der Waals surface area contributed by atoms with E-state index in [-0.39, 0.29) is 11.2 Å². The number of benzene rings is 2. The minimum Gasteiger partial charge on any atom is -0.383 e. The van der Waals surface area contributed by atoms with Crippen molar-refractivity contribution >= 4 is 39.4 Å². The molecule has 0 spiro atoms. The molecule has 0 saturated carbocycles. The van der Waals surface area contributed by atoms with Crippen LogP contribution in [0.25, 0.3) is 33.2 Å². The topological polar surface area (TPSA) is 86.7 Å². The molecule has 0 radical (unpaired) electrons. The third-order valence-corrected chi connectivity index (χ3v) is 5.71. The number of aromatic nitrogens is 4. The van der Waals surface area contributed by atoms with E-state index in [0.29, 0.717) is 22.6 Å². The maximum absolute atomic E-state index is 12.3. The molecule has 2 aromatic carbocycles. The number of hydrogen-bond donors (Lipinski definition) is 1. The van der Waals surface area contributed by atoms with Gasteiger partial charge in [0.05, 0.1) is 17.8 Å². The summed E-state index contributed by atoms with van der Waals surface area (Å²) in [4.78, 5) is 25.6. The summed E-state index contributed by atoms with van der Waals surface area (Å²) in [5.41, 5.74) is 10.8. The molecular formula is C24H18ClN5O. The molecule has 5 aromatic rings. The summed E-state index contributed by atoms with van der Waals surface area (Å²) in [6.07, 6.45) is 3.08. The first kappa shape index (κ1) is 19.2. The Balaban J connectivity index is 1.78. The molecule has 2 N–H and O–H groups in total. The molecule has 3 aromatic heterocycles. The summed E-state index contributed by atoms with van der Waals surface area (Å²) in [7, 11) is 0. The number of nitrogen functional groups attached to an aromatic ring is 1. The molecule has 0 unspecified atom stereocenters. The molecule has 0 bridgehead atoms. The number of anilines is 1. The van der Waals surface area contributed by atoms with Crippen LogP contribution in [0.5, 0.6) is 0 Å². The fourth-order valence-electron chi connectivity index (χ4n) is 3.86. The number of hydrogen-bond acceptors (Lipinski definition) is 5. The van der Waals surface area contributed by atoms with Gasteiger partial charge in [0, 0.05) is 28.2 Å². The van der Waals surface area contributed by atoms with Crippen molar-refractivity contribution < 1.29 is 0 Å². The third-order valence-electron chi connectivity index (χ3n) is 5.38. The average Bonchev–Trinajstić information content (AvgIpc) is 2.76. The van der Waals surface area contributed by atoms with Gasteiger partial charge in [-0.2, -0.15) is 0 Å². The van der Waals surface area contributed by atoms with Crippen molar-refractivity contribution in [2.75, 3.05) is 5.73 Å². The molecule has 0 aliphatic rings. The molecular weight excluding hydrogens is 410 g/mol. The SMILES string of the molecule is Cc1cccc2cc(Cn3ccc(=O)c4c(N)ncnc43)c(-c3ccccc3Cl)nc12. The number of rotatable bonds is 3. The van der Waals surface area contributed by atoms with Crippen molar-refractivity contribution in [3.05, 3.63) is 93.5 Å². The maximum Gasteiger partial charge on any atom is 0.194 e. The fraction of sp³-hybridized carbons (Fsp3) is 0.0833. The molecule has 152 valence electrons. The van der Waals surface area contributed by atoms with Crippen LogP contribution in [0.4, 0.5) is 5.82 Å². The lowest BCUT2D eigenvalue weighted by Gasteiger charge is -2.16. The van der Waals surface area contributed by atoms with E-state index in [4.69, 9.17) is 22.3 Å². The number of nitrogens with zero attached hydrogens (tertiary/aromatic N) is 4. The highest BCUT2D eigenvalue weighted by atomic mass is 35.5.